The standard InChI is InChI=1S/C26H39N5O3/c1-7-13-29-18-25(33)30(22(6)14-20(2)3)24(17-28(19-32)16-21(4)5)31(29)26(34)27-15-23-11-9-8-10-12-23/h1,8-12,19-22,24H,13-18H2,2-6H3,(H,27,34)/t22-,24?/m1/s1. The van der Waals surface area contributed by atoms with Gasteiger partial charge in [0.15, 0.2) is 0 Å². The topological polar surface area (TPSA) is 76.2 Å². The maximum atomic E-state index is 13.5. The van der Waals surface area contributed by atoms with Crippen molar-refractivity contribution in [2.75, 3.05) is 26.2 Å². The number of carbonyl (C=O) groups excluding carboxylic acids is 3. The lowest BCUT2D eigenvalue weighted by atomic mass is 10.0. The van der Waals surface area contributed by atoms with E-state index in [1.165, 1.54) is 5.01 Å². The minimum atomic E-state index is -0.664. The van der Waals surface area contributed by atoms with E-state index < -0.39 is 6.17 Å². The van der Waals surface area contributed by atoms with E-state index in [1.807, 2.05) is 51.1 Å². The average Bonchev–Trinajstić information content (AvgIpc) is 2.77. The Morgan fingerprint density at radius 2 is 1.88 bits per heavy atom. The van der Waals surface area contributed by atoms with Crippen LogP contribution in [0.4, 0.5) is 4.79 Å². The molecule has 0 spiro atoms. The number of hydrogen-bond donors (Lipinski definition) is 1. The van der Waals surface area contributed by atoms with E-state index in [0.29, 0.717) is 19.0 Å². The third-order valence-electron chi connectivity index (χ3n) is 5.72. The number of carbonyl (C=O) groups is 3. The number of amides is 4. The molecular weight excluding hydrogens is 430 g/mol. The van der Waals surface area contributed by atoms with Gasteiger partial charge in [0.25, 0.3) is 0 Å². The van der Waals surface area contributed by atoms with Gasteiger partial charge in [-0.05, 0) is 30.7 Å². The predicted octanol–water partition coefficient (Wildman–Crippen LogP) is 2.77. The van der Waals surface area contributed by atoms with Crippen molar-refractivity contribution in [3.63, 3.8) is 0 Å². The van der Waals surface area contributed by atoms with Crippen LogP contribution in [0.3, 0.4) is 0 Å². The number of hydrogen-bond acceptors (Lipinski definition) is 4. The van der Waals surface area contributed by atoms with E-state index in [1.54, 1.807) is 14.8 Å². The van der Waals surface area contributed by atoms with Gasteiger partial charge >= 0.3 is 6.03 Å². The second kappa shape index (κ2) is 13.0. The third-order valence-corrected chi connectivity index (χ3v) is 5.72. The van der Waals surface area contributed by atoms with E-state index >= 15 is 0 Å². The summed E-state index contributed by atoms with van der Waals surface area (Å²) in [5, 5.41) is 6.11. The summed E-state index contributed by atoms with van der Waals surface area (Å²) < 4.78 is 0. The summed E-state index contributed by atoms with van der Waals surface area (Å²) in [7, 11) is 0. The molecule has 0 bridgehead atoms. The quantitative estimate of drug-likeness (QED) is 0.399. The van der Waals surface area contributed by atoms with Crippen LogP contribution in [0.2, 0.25) is 0 Å². The SMILES string of the molecule is C#CCN1CC(=O)N([C@H](C)CC(C)C)C(CN(C=O)CC(C)C)N1C(=O)NCc1ccccc1. The molecule has 0 aliphatic carbocycles. The number of rotatable bonds is 11. The highest BCUT2D eigenvalue weighted by Gasteiger charge is 2.44. The fourth-order valence-electron chi connectivity index (χ4n) is 4.48. The highest BCUT2D eigenvalue weighted by molar-refractivity contribution is 5.83. The van der Waals surface area contributed by atoms with Crippen molar-refractivity contribution in [1.29, 1.82) is 0 Å². The van der Waals surface area contributed by atoms with E-state index in [4.69, 9.17) is 6.42 Å². The largest absolute Gasteiger partial charge is 0.341 e. The zero-order valence-electron chi connectivity index (χ0n) is 21.1. The van der Waals surface area contributed by atoms with Crippen molar-refractivity contribution in [2.45, 2.75) is 59.8 Å². The van der Waals surface area contributed by atoms with Gasteiger partial charge < -0.3 is 15.1 Å². The molecule has 1 heterocycles. The molecule has 8 nitrogen and oxygen atoms in total. The van der Waals surface area contributed by atoms with E-state index in [2.05, 4.69) is 25.1 Å². The normalized spacial score (nSPS) is 17.6. The summed E-state index contributed by atoms with van der Waals surface area (Å²) >= 11 is 0. The van der Waals surface area contributed by atoms with Gasteiger partial charge in [0.1, 0.15) is 6.17 Å². The Bertz CT molecular complexity index is 852. The molecular formula is C26H39N5O3. The number of nitrogens with zero attached hydrogens (tertiary/aromatic N) is 4. The molecule has 1 unspecified atom stereocenters. The van der Waals surface area contributed by atoms with Crippen LogP contribution in [0.1, 0.15) is 46.6 Å². The minimum Gasteiger partial charge on any atom is -0.341 e. The van der Waals surface area contributed by atoms with Crippen LogP contribution in [0.15, 0.2) is 30.3 Å². The molecule has 1 aliphatic heterocycles. The van der Waals surface area contributed by atoms with Gasteiger partial charge in [0.05, 0.1) is 19.6 Å². The first-order chi connectivity index (χ1) is 16.2. The van der Waals surface area contributed by atoms with Crippen LogP contribution in [0.25, 0.3) is 0 Å². The molecule has 1 aromatic rings. The molecule has 0 saturated carbocycles. The fourth-order valence-corrected chi connectivity index (χ4v) is 4.48. The molecule has 1 fully saturated rings. The number of benzene rings is 1. The lowest BCUT2D eigenvalue weighted by molar-refractivity contribution is -0.173. The Labute approximate surface area is 204 Å². The maximum absolute atomic E-state index is 13.5. The molecule has 1 aromatic carbocycles. The van der Waals surface area contributed by atoms with E-state index in [9.17, 15) is 14.4 Å². The molecule has 0 radical (unpaired) electrons. The van der Waals surface area contributed by atoms with Crippen molar-refractivity contribution in [3.05, 3.63) is 35.9 Å². The molecule has 34 heavy (non-hydrogen) atoms. The summed E-state index contributed by atoms with van der Waals surface area (Å²) in [5.41, 5.74) is 0.961. The molecule has 4 amide bonds. The highest BCUT2D eigenvalue weighted by Crippen LogP contribution is 2.24. The van der Waals surface area contributed by atoms with Gasteiger partial charge in [-0.25, -0.2) is 9.80 Å². The van der Waals surface area contributed by atoms with Crippen molar-refractivity contribution >= 4 is 18.3 Å². The predicted molar refractivity (Wildman–Crippen MR) is 133 cm³/mol. The maximum Gasteiger partial charge on any atom is 0.334 e. The van der Waals surface area contributed by atoms with Crippen LogP contribution in [-0.2, 0) is 16.1 Å². The summed E-state index contributed by atoms with van der Waals surface area (Å²) in [5.74, 6) is 3.07. The van der Waals surface area contributed by atoms with Gasteiger partial charge in [-0.2, -0.15) is 5.01 Å². The summed E-state index contributed by atoms with van der Waals surface area (Å²) in [6.07, 6.45) is 6.49. The fraction of sp³-hybridized carbons (Fsp3) is 0.577. The Balaban J connectivity index is 2.41. The van der Waals surface area contributed by atoms with Gasteiger partial charge in [-0.15, -0.1) is 6.42 Å². The first-order valence-electron chi connectivity index (χ1n) is 12.0. The monoisotopic (exact) mass is 469 g/mol. The molecule has 1 aliphatic rings. The van der Waals surface area contributed by atoms with Crippen molar-refractivity contribution in [1.82, 2.24) is 25.1 Å². The smallest absolute Gasteiger partial charge is 0.334 e. The highest BCUT2D eigenvalue weighted by atomic mass is 16.2. The first-order valence-corrected chi connectivity index (χ1v) is 12.0. The van der Waals surface area contributed by atoms with Gasteiger partial charge in [-0.3, -0.25) is 9.59 Å². The Hall–Kier alpha value is -3.05. The van der Waals surface area contributed by atoms with Crippen molar-refractivity contribution in [3.8, 4) is 12.3 Å². The lowest BCUT2D eigenvalue weighted by Gasteiger charge is -2.51. The second-order valence-corrected chi connectivity index (χ2v) is 9.73. The molecule has 2 rings (SSSR count). The number of nitrogens with one attached hydrogen (secondary N) is 1. The number of hydrazine groups is 1. The van der Waals surface area contributed by atoms with Crippen LogP contribution >= 0.6 is 0 Å². The molecule has 1 N–H and O–H groups in total. The Morgan fingerprint density at radius 1 is 1.21 bits per heavy atom. The average molecular weight is 470 g/mol. The molecule has 186 valence electrons. The van der Waals surface area contributed by atoms with Crippen LogP contribution in [0, 0.1) is 24.2 Å². The summed E-state index contributed by atoms with van der Waals surface area (Å²) in [6.45, 7) is 11.4. The zero-order valence-corrected chi connectivity index (χ0v) is 21.1. The van der Waals surface area contributed by atoms with Crippen LogP contribution < -0.4 is 5.32 Å². The van der Waals surface area contributed by atoms with Gasteiger partial charge in [0.2, 0.25) is 12.3 Å². The number of terminal acetylenes is 1. The lowest BCUT2D eigenvalue weighted by Crippen LogP contribution is -2.71. The minimum absolute atomic E-state index is 0.00711. The van der Waals surface area contributed by atoms with E-state index in [-0.39, 0.29) is 43.5 Å². The molecule has 2 atom stereocenters. The van der Waals surface area contributed by atoms with Crippen LogP contribution in [0.5, 0.6) is 0 Å². The summed E-state index contributed by atoms with van der Waals surface area (Å²) in [4.78, 5) is 42.1. The van der Waals surface area contributed by atoms with Crippen LogP contribution in [-0.4, -0.2) is 76.6 Å². The van der Waals surface area contributed by atoms with Gasteiger partial charge in [0, 0.05) is 19.1 Å². The third kappa shape index (κ3) is 7.49. The van der Waals surface area contributed by atoms with Crippen molar-refractivity contribution in [2.24, 2.45) is 11.8 Å². The zero-order chi connectivity index (χ0) is 25.3. The Morgan fingerprint density at radius 3 is 2.44 bits per heavy atom. The van der Waals surface area contributed by atoms with E-state index in [0.717, 1.165) is 18.4 Å². The second-order valence-electron chi connectivity index (χ2n) is 9.73. The van der Waals surface area contributed by atoms with Crippen molar-refractivity contribution < 1.29 is 14.4 Å². The molecule has 8 heteroatoms. The summed E-state index contributed by atoms with van der Waals surface area (Å²) in [6, 6.07) is 9.16. The Kier molecular flexibility index (Phi) is 10.4. The molecule has 0 aromatic heterocycles. The first kappa shape index (κ1) is 27.2. The van der Waals surface area contributed by atoms with Gasteiger partial charge in [-0.1, -0.05) is 63.9 Å². The number of urea groups is 1. The molecule has 1 saturated heterocycles.